The average molecular weight is 415 g/mol. The van der Waals surface area contributed by atoms with Crippen LogP contribution in [0.2, 0.25) is 0 Å². The molecule has 3 aromatic rings. The number of nitrogens with zero attached hydrogens (tertiary/aromatic N) is 1. The van der Waals surface area contributed by atoms with E-state index in [9.17, 15) is 4.79 Å². The Morgan fingerprint density at radius 1 is 1.14 bits per heavy atom. The molecule has 28 heavy (non-hydrogen) atoms. The largest absolute Gasteiger partial charge is 0.497 e. The van der Waals surface area contributed by atoms with Crippen molar-refractivity contribution in [1.29, 1.82) is 0 Å². The van der Waals surface area contributed by atoms with E-state index in [-0.39, 0.29) is 5.91 Å². The van der Waals surface area contributed by atoms with Crippen LogP contribution in [-0.4, -0.2) is 30.9 Å². The molecular formula is C21H22N2O3S2. The van der Waals surface area contributed by atoms with Crippen LogP contribution in [0.4, 0.5) is 5.13 Å². The number of nitrogens with one attached hydrogen (secondary N) is 1. The number of aromatic nitrogens is 1. The summed E-state index contributed by atoms with van der Waals surface area (Å²) in [7, 11) is 3.24. The van der Waals surface area contributed by atoms with Crippen LogP contribution in [0.15, 0.2) is 58.8 Å². The molecule has 1 aromatic heterocycles. The second-order valence-electron chi connectivity index (χ2n) is 5.92. The summed E-state index contributed by atoms with van der Waals surface area (Å²) in [5.74, 6) is 2.32. The third kappa shape index (κ3) is 5.50. The normalized spacial score (nSPS) is 10.5. The van der Waals surface area contributed by atoms with E-state index in [1.54, 1.807) is 26.0 Å². The first-order chi connectivity index (χ1) is 13.7. The first-order valence-electron chi connectivity index (χ1n) is 8.85. The van der Waals surface area contributed by atoms with E-state index in [1.165, 1.54) is 16.2 Å². The molecule has 0 saturated heterocycles. The first-order valence-corrected chi connectivity index (χ1v) is 10.7. The smallest absolute Gasteiger partial charge is 0.226 e. The number of carbonyl (C=O) groups excluding carboxylic acids is 1. The Kier molecular flexibility index (Phi) is 7.33. The number of benzene rings is 2. The van der Waals surface area contributed by atoms with Crippen molar-refractivity contribution < 1.29 is 14.3 Å². The predicted octanol–water partition coefficient (Wildman–Crippen LogP) is 5.34. The van der Waals surface area contributed by atoms with Gasteiger partial charge in [0.05, 0.1) is 19.9 Å². The van der Waals surface area contributed by atoms with Gasteiger partial charge in [-0.25, -0.2) is 4.98 Å². The predicted molar refractivity (Wildman–Crippen MR) is 116 cm³/mol. The number of thioether (sulfide) groups is 1. The van der Waals surface area contributed by atoms with Crippen molar-refractivity contribution >= 4 is 34.1 Å². The molecule has 0 spiro atoms. The lowest BCUT2D eigenvalue weighted by molar-refractivity contribution is -0.116. The van der Waals surface area contributed by atoms with Gasteiger partial charge < -0.3 is 14.8 Å². The number of rotatable bonds is 9. The number of methoxy groups -OCH3 is 2. The Bertz CT molecular complexity index is 913. The fourth-order valence-electron chi connectivity index (χ4n) is 2.59. The molecular weight excluding hydrogens is 392 g/mol. The Labute approximate surface area is 173 Å². The summed E-state index contributed by atoms with van der Waals surface area (Å²) in [6, 6.07) is 15.8. The molecule has 0 fully saturated rings. The average Bonchev–Trinajstić information content (AvgIpc) is 3.19. The van der Waals surface area contributed by atoms with Crippen LogP contribution >= 0.6 is 23.1 Å². The van der Waals surface area contributed by atoms with Gasteiger partial charge in [0.1, 0.15) is 11.5 Å². The summed E-state index contributed by atoms with van der Waals surface area (Å²) in [6.07, 6.45) is 1.28. The molecule has 0 atom stereocenters. The topological polar surface area (TPSA) is 60.5 Å². The van der Waals surface area contributed by atoms with Crippen LogP contribution in [-0.2, 0) is 4.79 Å². The highest BCUT2D eigenvalue weighted by molar-refractivity contribution is 7.99. The van der Waals surface area contributed by atoms with Crippen LogP contribution in [0.25, 0.3) is 11.3 Å². The molecule has 1 N–H and O–H groups in total. The van der Waals surface area contributed by atoms with Crippen LogP contribution in [0.3, 0.4) is 0 Å². The number of thiazole rings is 1. The number of carbonyl (C=O) groups is 1. The van der Waals surface area contributed by atoms with Crippen LogP contribution in [0, 0.1) is 0 Å². The molecule has 7 heteroatoms. The standard InChI is InChI=1S/C21H22N2O3S2/c1-25-15-10-11-19(26-2)17(13-15)18-14-28-21(22-18)23-20(24)9-6-12-27-16-7-4-3-5-8-16/h3-5,7-8,10-11,13-14H,6,9,12H2,1-2H3,(H,22,23,24). The van der Waals surface area contributed by atoms with E-state index in [1.807, 2.05) is 41.8 Å². The van der Waals surface area contributed by atoms with E-state index in [4.69, 9.17) is 9.47 Å². The lowest BCUT2D eigenvalue weighted by Gasteiger charge is -2.08. The molecule has 1 amide bonds. The number of amides is 1. The van der Waals surface area contributed by atoms with Crippen molar-refractivity contribution in [3.63, 3.8) is 0 Å². The lowest BCUT2D eigenvalue weighted by Crippen LogP contribution is -2.11. The molecule has 3 rings (SSSR count). The van der Waals surface area contributed by atoms with Crippen LogP contribution in [0.1, 0.15) is 12.8 Å². The number of hydrogen-bond donors (Lipinski definition) is 1. The van der Waals surface area contributed by atoms with Gasteiger partial charge in [-0.1, -0.05) is 18.2 Å². The zero-order chi connectivity index (χ0) is 19.8. The molecule has 0 aliphatic rings. The van der Waals surface area contributed by atoms with Crippen LogP contribution < -0.4 is 14.8 Å². The van der Waals surface area contributed by atoms with Crippen molar-refractivity contribution in [3.05, 3.63) is 53.9 Å². The SMILES string of the molecule is COc1ccc(OC)c(-c2csc(NC(=O)CCCSc3ccccc3)n2)c1. The number of hydrogen-bond acceptors (Lipinski definition) is 6. The van der Waals surface area contributed by atoms with Gasteiger partial charge in [-0.15, -0.1) is 23.1 Å². The van der Waals surface area contributed by atoms with E-state index in [0.29, 0.717) is 17.3 Å². The summed E-state index contributed by atoms with van der Waals surface area (Å²) in [5.41, 5.74) is 1.58. The number of ether oxygens (including phenoxy) is 2. The van der Waals surface area contributed by atoms with Crippen molar-refractivity contribution in [1.82, 2.24) is 4.98 Å². The Morgan fingerprint density at radius 3 is 2.71 bits per heavy atom. The van der Waals surface area contributed by atoms with Gasteiger partial charge >= 0.3 is 0 Å². The van der Waals surface area contributed by atoms with Gasteiger partial charge in [-0.05, 0) is 42.5 Å². The van der Waals surface area contributed by atoms with Crippen molar-refractivity contribution in [2.24, 2.45) is 0 Å². The monoisotopic (exact) mass is 414 g/mol. The Hall–Kier alpha value is -2.51. The highest BCUT2D eigenvalue weighted by atomic mass is 32.2. The van der Waals surface area contributed by atoms with Crippen molar-refractivity contribution in [2.45, 2.75) is 17.7 Å². The van der Waals surface area contributed by atoms with E-state index in [2.05, 4.69) is 22.4 Å². The Balaban J connectivity index is 1.53. The molecule has 0 saturated carbocycles. The number of anilines is 1. The third-order valence-electron chi connectivity index (χ3n) is 3.99. The highest BCUT2D eigenvalue weighted by Crippen LogP contribution is 2.35. The molecule has 146 valence electrons. The molecule has 0 unspecified atom stereocenters. The van der Waals surface area contributed by atoms with Gasteiger partial charge in [0, 0.05) is 22.3 Å². The van der Waals surface area contributed by atoms with E-state index >= 15 is 0 Å². The van der Waals surface area contributed by atoms with Gasteiger partial charge in [0.2, 0.25) is 5.91 Å². The van der Waals surface area contributed by atoms with Crippen molar-refractivity contribution in [3.8, 4) is 22.8 Å². The van der Waals surface area contributed by atoms with Crippen LogP contribution in [0.5, 0.6) is 11.5 Å². The molecule has 0 aliphatic heterocycles. The second kappa shape index (κ2) is 10.1. The zero-order valence-electron chi connectivity index (χ0n) is 15.8. The second-order valence-corrected chi connectivity index (χ2v) is 7.94. The lowest BCUT2D eigenvalue weighted by atomic mass is 10.1. The van der Waals surface area contributed by atoms with Gasteiger partial charge in [0.15, 0.2) is 5.13 Å². The highest BCUT2D eigenvalue weighted by Gasteiger charge is 2.13. The molecule has 0 aliphatic carbocycles. The van der Waals surface area contributed by atoms with E-state index in [0.717, 1.165) is 29.2 Å². The molecule has 1 heterocycles. The van der Waals surface area contributed by atoms with Crippen molar-refractivity contribution in [2.75, 3.05) is 25.3 Å². The van der Waals surface area contributed by atoms with Gasteiger partial charge in [0.25, 0.3) is 0 Å². The fraction of sp³-hybridized carbons (Fsp3) is 0.238. The maximum atomic E-state index is 12.2. The summed E-state index contributed by atoms with van der Waals surface area (Å²) in [6.45, 7) is 0. The molecule has 2 aromatic carbocycles. The summed E-state index contributed by atoms with van der Waals surface area (Å²) in [4.78, 5) is 17.9. The maximum absolute atomic E-state index is 12.2. The summed E-state index contributed by atoms with van der Waals surface area (Å²) in [5, 5.41) is 5.37. The van der Waals surface area contributed by atoms with Gasteiger partial charge in [-0.2, -0.15) is 0 Å². The molecule has 0 bridgehead atoms. The Morgan fingerprint density at radius 2 is 1.96 bits per heavy atom. The first kappa shape index (κ1) is 20.2. The zero-order valence-corrected chi connectivity index (χ0v) is 17.4. The minimum absolute atomic E-state index is 0.0211. The third-order valence-corrected chi connectivity index (χ3v) is 5.85. The minimum Gasteiger partial charge on any atom is -0.497 e. The quantitative estimate of drug-likeness (QED) is 0.378. The fourth-order valence-corrected chi connectivity index (χ4v) is 4.19. The summed E-state index contributed by atoms with van der Waals surface area (Å²) >= 11 is 3.16. The molecule has 5 nitrogen and oxygen atoms in total. The van der Waals surface area contributed by atoms with Gasteiger partial charge in [-0.3, -0.25) is 4.79 Å². The molecule has 0 radical (unpaired) electrons. The van der Waals surface area contributed by atoms with E-state index < -0.39 is 0 Å². The summed E-state index contributed by atoms with van der Waals surface area (Å²) < 4.78 is 10.7. The minimum atomic E-state index is -0.0211. The maximum Gasteiger partial charge on any atom is 0.226 e.